The summed E-state index contributed by atoms with van der Waals surface area (Å²) in [4.78, 5) is 20.3. The van der Waals surface area contributed by atoms with E-state index >= 15 is 0 Å². The summed E-state index contributed by atoms with van der Waals surface area (Å²) >= 11 is 1.46. The van der Waals surface area contributed by atoms with Crippen LogP contribution in [0.1, 0.15) is 26.0 Å². The summed E-state index contributed by atoms with van der Waals surface area (Å²) in [5, 5.41) is 3.88. The van der Waals surface area contributed by atoms with Crippen molar-refractivity contribution in [2.24, 2.45) is 0 Å². The van der Waals surface area contributed by atoms with E-state index in [1.54, 1.807) is 6.20 Å². The first kappa shape index (κ1) is 15.9. The fourth-order valence-corrected chi connectivity index (χ4v) is 2.34. The number of nitrogens with one attached hydrogen (secondary N) is 1. The predicted molar refractivity (Wildman–Crippen MR) is 76.2 cm³/mol. The Morgan fingerprint density at radius 2 is 2.32 bits per heavy atom. The number of rotatable bonds is 8. The molecule has 0 saturated heterocycles. The van der Waals surface area contributed by atoms with Gasteiger partial charge in [-0.15, -0.1) is 0 Å². The van der Waals surface area contributed by atoms with Crippen molar-refractivity contribution in [2.75, 3.05) is 18.9 Å². The lowest BCUT2D eigenvalue weighted by Gasteiger charge is -2.16. The monoisotopic (exact) mass is 283 g/mol. The van der Waals surface area contributed by atoms with Crippen LogP contribution in [0.4, 0.5) is 0 Å². The van der Waals surface area contributed by atoms with E-state index in [9.17, 15) is 4.79 Å². The molecule has 0 fully saturated rings. The van der Waals surface area contributed by atoms with Crippen molar-refractivity contribution in [3.05, 3.63) is 18.0 Å². The molecular weight excluding hydrogens is 262 g/mol. The molecule has 0 aliphatic carbocycles. The zero-order chi connectivity index (χ0) is 14.1. The van der Waals surface area contributed by atoms with E-state index in [4.69, 9.17) is 4.74 Å². The highest BCUT2D eigenvalue weighted by Gasteiger charge is 2.19. The number of aromatic nitrogens is 2. The van der Waals surface area contributed by atoms with Crippen molar-refractivity contribution in [2.45, 2.75) is 38.4 Å². The Labute approximate surface area is 118 Å². The van der Waals surface area contributed by atoms with Gasteiger partial charge in [0.05, 0.1) is 6.61 Å². The molecule has 0 amide bonds. The van der Waals surface area contributed by atoms with Gasteiger partial charge in [0.25, 0.3) is 0 Å². The second kappa shape index (κ2) is 8.87. The Hall–Kier alpha value is -1.14. The normalized spacial score (nSPS) is 12.2. The molecule has 1 aromatic rings. The second-order valence-electron chi connectivity index (χ2n) is 4.05. The summed E-state index contributed by atoms with van der Waals surface area (Å²) in [6.45, 7) is 6.98. The fourth-order valence-electron chi connectivity index (χ4n) is 1.43. The number of esters is 1. The standard InChI is InChI=1S/C13H21N3O2S/c1-4-7-14-11(12(17)18-5-2)9-19-13-15-8-6-10(3)16-13/h6,8,11,14H,4-5,7,9H2,1-3H3. The van der Waals surface area contributed by atoms with Crippen molar-refractivity contribution >= 4 is 17.7 Å². The van der Waals surface area contributed by atoms with Gasteiger partial charge in [-0.3, -0.25) is 4.79 Å². The molecule has 1 aromatic heterocycles. The van der Waals surface area contributed by atoms with Gasteiger partial charge in [0.1, 0.15) is 6.04 Å². The van der Waals surface area contributed by atoms with Crippen molar-refractivity contribution < 1.29 is 9.53 Å². The number of thioether (sulfide) groups is 1. The van der Waals surface area contributed by atoms with E-state index in [-0.39, 0.29) is 12.0 Å². The molecule has 1 atom stereocenters. The maximum Gasteiger partial charge on any atom is 0.323 e. The molecule has 1 heterocycles. The van der Waals surface area contributed by atoms with E-state index in [1.807, 2.05) is 19.9 Å². The van der Waals surface area contributed by atoms with E-state index in [0.29, 0.717) is 17.5 Å². The maximum atomic E-state index is 11.8. The number of hydrogen-bond donors (Lipinski definition) is 1. The minimum atomic E-state index is -0.311. The summed E-state index contributed by atoms with van der Waals surface area (Å²) in [6.07, 6.45) is 2.70. The third kappa shape index (κ3) is 6.02. The van der Waals surface area contributed by atoms with Crippen molar-refractivity contribution in [3.63, 3.8) is 0 Å². The largest absolute Gasteiger partial charge is 0.465 e. The van der Waals surface area contributed by atoms with Crippen LogP contribution in [0.25, 0.3) is 0 Å². The van der Waals surface area contributed by atoms with E-state index < -0.39 is 0 Å². The maximum absolute atomic E-state index is 11.8. The lowest BCUT2D eigenvalue weighted by atomic mass is 10.3. The Morgan fingerprint density at radius 3 is 2.95 bits per heavy atom. The lowest BCUT2D eigenvalue weighted by molar-refractivity contribution is -0.144. The molecule has 0 radical (unpaired) electrons. The SMILES string of the molecule is CCCNC(CSc1nccc(C)n1)C(=O)OCC. The molecule has 6 heteroatoms. The van der Waals surface area contributed by atoms with Gasteiger partial charge in [0.15, 0.2) is 5.16 Å². The molecule has 1 N–H and O–H groups in total. The molecule has 0 saturated carbocycles. The molecule has 1 rings (SSSR count). The van der Waals surface area contributed by atoms with Gasteiger partial charge in [-0.05, 0) is 32.9 Å². The van der Waals surface area contributed by atoms with Crippen LogP contribution in [0.5, 0.6) is 0 Å². The molecule has 19 heavy (non-hydrogen) atoms. The highest BCUT2D eigenvalue weighted by Crippen LogP contribution is 2.14. The summed E-state index contributed by atoms with van der Waals surface area (Å²) in [5.74, 6) is 0.360. The second-order valence-corrected chi connectivity index (χ2v) is 5.04. The molecule has 1 unspecified atom stereocenters. The highest BCUT2D eigenvalue weighted by atomic mass is 32.2. The molecule has 0 aliphatic heterocycles. The van der Waals surface area contributed by atoms with Crippen LogP contribution in [-0.2, 0) is 9.53 Å². The minimum Gasteiger partial charge on any atom is -0.465 e. The molecule has 0 aliphatic rings. The zero-order valence-corrected chi connectivity index (χ0v) is 12.5. The Balaban J connectivity index is 2.54. The van der Waals surface area contributed by atoms with Crippen LogP contribution in [-0.4, -0.2) is 40.9 Å². The molecule has 106 valence electrons. The van der Waals surface area contributed by atoms with Gasteiger partial charge in [-0.25, -0.2) is 9.97 Å². The quantitative estimate of drug-likeness (QED) is 0.446. The summed E-state index contributed by atoms with van der Waals surface area (Å²) in [5.41, 5.74) is 0.923. The molecule has 0 bridgehead atoms. The molecule has 5 nitrogen and oxygen atoms in total. The van der Waals surface area contributed by atoms with E-state index in [2.05, 4.69) is 22.2 Å². The van der Waals surface area contributed by atoms with Gasteiger partial charge in [0, 0.05) is 17.6 Å². The molecule has 0 spiro atoms. The smallest absolute Gasteiger partial charge is 0.323 e. The Kier molecular flexibility index (Phi) is 7.43. The average Bonchev–Trinajstić information content (AvgIpc) is 2.39. The minimum absolute atomic E-state index is 0.212. The van der Waals surface area contributed by atoms with Crippen LogP contribution in [0.15, 0.2) is 17.4 Å². The number of hydrogen-bond acceptors (Lipinski definition) is 6. The number of nitrogens with zero attached hydrogens (tertiary/aromatic N) is 2. The van der Waals surface area contributed by atoms with Crippen LogP contribution >= 0.6 is 11.8 Å². The zero-order valence-electron chi connectivity index (χ0n) is 11.7. The van der Waals surface area contributed by atoms with Gasteiger partial charge in [-0.2, -0.15) is 0 Å². The van der Waals surface area contributed by atoms with Crippen LogP contribution in [0.3, 0.4) is 0 Å². The average molecular weight is 283 g/mol. The van der Waals surface area contributed by atoms with Gasteiger partial charge >= 0.3 is 5.97 Å². The first-order valence-electron chi connectivity index (χ1n) is 6.49. The van der Waals surface area contributed by atoms with Gasteiger partial charge in [0.2, 0.25) is 0 Å². The molecular formula is C13H21N3O2S. The van der Waals surface area contributed by atoms with E-state index in [0.717, 1.165) is 18.7 Å². The van der Waals surface area contributed by atoms with Crippen LogP contribution < -0.4 is 5.32 Å². The lowest BCUT2D eigenvalue weighted by Crippen LogP contribution is -2.40. The number of carbonyl (C=O) groups is 1. The Bertz CT molecular complexity index is 401. The number of ether oxygens (including phenoxy) is 1. The predicted octanol–water partition coefficient (Wildman–Crippen LogP) is 1.81. The fraction of sp³-hybridized carbons (Fsp3) is 0.615. The third-order valence-electron chi connectivity index (χ3n) is 2.36. The van der Waals surface area contributed by atoms with Crippen LogP contribution in [0.2, 0.25) is 0 Å². The van der Waals surface area contributed by atoms with E-state index in [1.165, 1.54) is 11.8 Å². The third-order valence-corrected chi connectivity index (χ3v) is 3.32. The first-order chi connectivity index (χ1) is 9.17. The van der Waals surface area contributed by atoms with Crippen molar-refractivity contribution in [1.29, 1.82) is 0 Å². The number of aryl methyl sites for hydroxylation is 1. The summed E-state index contributed by atoms with van der Waals surface area (Å²) < 4.78 is 5.06. The van der Waals surface area contributed by atoms with Crippen molar-refractivity contribution in [3.8, 4) is 0 Å². The van der Waals surface area contributed by atoms with Gasteiger partial charge < -0.3 is 10.1 Å². The highest BCUT2D eigenvalue weighted by molar-refractivity contribution is 7.99. The summed E-state index contributed by atoms with van der Waals surface area (Å²) in [6, 6.07) is 1.54. The van der Waals surface area contributed by atoms with Gasteiger partial charge in [-0.1, -0.05) is 18.7 Å². The summed E-state index contributed by atoms with van der Waals surface area (Å²) in [7, 11) is 0. The van der Waals surface area contributed by atoms with Crippen LogP contribution in [0, 0.1) is 6.92 Å². The first-order valence-corrected chi connectivity index (χ1v) is 7.48. The topological polar surface area (TPSA) is 64.1 Å². The van der Waals surface area contributed by atoms with Crippen molar-refractivity contribution in [1.82, 2.24) is 15.3 Å². The molecule has 0 aromatic carbocycles. The number of carbonyl (C=O) groups excluding carboxylic acids is 1. The Morgan fingerprint density at radius 1 is 1.53 bits per heavy atom.